The zero-order chi connectivity index (χ0) is 15.0. The fourth-order valence-electron chi connectivity index (χ4n) is 3.29. The maximum absolute atomic E-state index is 12.5. The average Bonchev–Trinajstić information content (AvgIpc) is 3.18. The second-order valence-electron chi connectivity index (χ2n) is 6.17. The summed E-state index contributed by atoms with van der Waals surface area (Å²) in [5.41, 5.74) is 0.525. The molecule has 1 aromatic rings. The number of rotatable bonds is 3. The molecule has 1 aromatic heterocycles. The van der Waals surface area contributed by atoms with Gasteiger partial charge in [0.25, 0.3) is 5.91 Å². The van der Waals surface area contributed by atoms with Gasteiger partial charge in [0.15, 0.2) is 5.78 Å². The third kappa shape index (κ3) is 2.60. The molecule has 0 bridgehead atoms. The molecule has 1 spiro atoms. The largest absolute Gasteiger partial charge is 0.373 e. The number of aromatic nitrogens is 2. The number of amides is 1. The van der Waals surface area contributed by atoms with Gasteiger partial charge < -0.3 is 9.64 Å². The normalized spacial score (nSPS) is 28.5. The van der Waals surface area contributed by atoms with Gasteiger partial charge in [-0.1, -0.05) is 13.3 Å². The zero-order valence-corrected chi connectivity index (χ0v) is 12.5. The van der Waals surface area contributed by atoms with Crippen molar-refractivity contribution in [2.75, 3.05) is 19.7 Å². The first-order valence-corrected chi connectivity index (χ1v) is 7.52. The molecule has 21 heavy (non-hydrogen) atoms. The lowest BCUT2D eigenvalue weighted by atomic mass is 9.92. The highest BCUT2D eigenvalue weighted by molar-refractivity contribution is 5.97. The van der Waals surface area contributed by atoms with E-state index in [0.29, 0.717) is 30.4 Å². The summed E-state index contributed by atoms with van der Waals surface area (Å²) in [6.07, 6.45) is 3.05. The summed E-state index contributed by atoms with van der Waals surface area (Å²) in [4.78, 5) is 25.5. The quantitative estimate of drug-likeness (QED) is 0.859. The standard InChI is InChI=1S/C15H21N3O3/c1-3-11-7-15(21-8-11)4-5-18(9-15)14(20)13-6-12(10(2)19)16-17-13/h6,11H,3-5,7-9H2,1-2H3,(H,16,17). The summed E-state index contributed by atoms with van der Waals surface area (Å²) in [5.74, 6) is 0.361. The number of ketones is 1. The van der Waals surface area contributed by atoms with Crippen molar-refractivity contribution in [2.24, 2.45) is 5.92 Å². The molecule has 2 saturated heterocycles. The van der Waals surface area contributed by atoms with Gasteiger partial charge in [0.1, 0.15) is 11.4 Å². The second-order valence-corrected chi connectivity index (χ2v) is 6.17. The van der Waals surface area contributed by atoms with Crippen LogP contribution in [-0.4, -0.2) is 52.1 Å². The molecule has 1 N–H and O–H groups in total. The van der Waals surface area contributed by atoms with Crippen LogP contribution in [0.5, 0.6) is 0 Å². The molecule has 2 unspecified atom stereocenters. The summed E-state index contributed by atoms with van der Waals surface area (Å²) in [6, 6.07) is 1.53. The maximum atomic E-state index is 12.5. The molecule has 114 valence electrons. The highest BCUT2D eigenvalue weighted by atomic mass is 16.5. The molecule has 2 atom stereocenters. The van der Waals surface area contributed by atoms with Crippen molar-refractivity contribution in [3.63, 3.8) is 0 Å². The van der Waals surface area contributed by atoms with Crippen LogP contribution in [0.3, 0.4) is 0 Å². The lowest BCUT2D eigenvalue weighted by molar-refractivity contribution is 0.0115. The Hall–Kier alpha value is -1.69. The first kappa shape index (κ1) is 14.3. The Morgan fingerprint density at radius 2 is 2.38 bits per heavy atom. The van der Waals surface area contributed by atoms with E-state index in [4.69, 9.17) is 4.74 Å². The molecule has 3 heterocycles. The van der Waals surface area contributed by atoms with Gasteiger partial charge in [-0.15, -0.1) is 0 Å². The van der Waals surface area contributed by atoms with Crippen LogP contribution in [-0.2, 0) is 4.74 Å². The van der Waals surface area contributed by atoms with Crippen LogP contribution in [0.2, 0.25) is 0 Å². The molecule has 0 radical (unpaired) electrons. The molecule has 2 aliphatic rings. The third-order valence-electron chi connectivity index (χ3n) is 4.64. The summed E-state index contributed by atoms with van der Waals surface area (Å²) in [5, 5.41) is 6.53. The predicted octanol–water partition coefficient (Wildman–Crippen LogP) is 1.64. The number of nitrogens with one attached hydrogen (secondary N) is 1. The van der Waals surface area contributed by atoms with Crippen LogP contribution in [0, 0.1) is 5.92 Å². The van der Waals surface area contributed by atoms with Crippen molar-refractivity contribution in [3.05, 3.63) is 17.5 Å². The Morgan fingerprint density at radius 1 is 1.57 bits per heavy atom. The Morgan fingerprint density at radius 3 is 3.00 bits per heavy atom. The van der Waals surface area contributed by atoms with Gasteiger partial charge in [-0.3, -0.25) is 14.7 Å². The van der Waals surface area contributed by atoms with Crippen molar-refractivity contribution >= 4 is 11.7 Å². The van der Waals surface area contributed by atoms with E-state index in [1.54, 1.807) is 4.90 Å². The number of hydrogen-bond donors (Lipinski definition) is 1. The fourth-order valence-corrected chi connectivity index (χ4v) is 3.29. The average molecular weight is 291 g/mol. The van der Waals surface area contributed by atoms with E-state index in [-0.39, 0.29) is 17.3 Å². The van der Waals surface area contributed by atoms with Crippen LogP contribution in [0.25, 0.3) is 0 Å². The van der Waals surface area contributed by atoms with Gasteiger partial charge in [0.2, 0.25) is 0 Å². The SMILES string of the molecule is CCC1COC2(CCN(C(=O)c3cc(C(C)=O)n[nH]3)C2)C1. The summed E-state index contributed by atoms with van der Waals surface area (Å²) >= 11 is 0. The first-order chi connectivity index (χ1) is 10.0. The molecule has 6 nitrogen and oxygen atoms in total. The van der Waals surface area contributed by atoms with Gasteiger partial charge in [-0.2, -0.15) is 5.10 Å². The summed E-state index contributed by atoms with van der Waals surface area (Å²) < 4.78 is 5.99. The van der Waals surface area contributed by atoms with Gasteiger partial charge in [0, 0.05) is 13.5 Å². The number of ether oxygens (including phenoxy) is 1. The number of likely N-dealkylation sites (tertiary alicyclic amines) is 1. The summed E-state index contributed by atoms with van der Waals surface area (Å²) in [6.45, 7) is 5.75. The zero-order valence-electron chi connectivity index (χ0n) is 12.5. The Labute approximate surface area is 123 Å². The third-order valence-corrected chi connectivity index (χ3v) is 4.64. The van der Waals surface area contributed by atoms with E-state index in [0.717, 1.165) is 25.9 Å². The van der Waals surface area contributed by atoms with Crippen molar-refractivity contribution in [1.82, 2.24) is 15.1 Å². The molecule has 0 saturated carbocycles. The van der Waals surface area contributed by atoms with E-state index >= 15 is 0 Å². The van der Waals surface area contributed by atoms with Crippen molar-refractivity contribution < 1.29 is 14.3 Å². The molecule has 2 fully saturated rings. The first-order valence-electron chi connectivity index (χ1n) is 7.52. The van der Waals surface area contributed by atoms with Crippen molar-refractivity contribution in [1.29, 1.82) is 0 Å². The molecule has 6 heteroatoms. The smallest absolute Gasteiger partial charge is 0.271 e. The number of hydrogen-bond acceptors (Lipinski definition) is 4. The van der Waals surface area contributed by atoms with Crippen LogP contribution in [0.4, 0.5) is 0 Å². The van der Waals surface area contributed by atoms with Crippen molar-refractivity contribution in [3.8, 4) is 0 Å². The molecule has 3 rings (SSSR count). The highest BCUT2D eigenvalue weighted by Crippen LogP contribution is 2.39. The summed E-state index contributed by atoms with van der Waals surface area (Å²) in [7, 11) is 0. The van der Waals surface area contributed by atoms with E-state index < -0.39 is 0 Å². The number of H-pyrrole nitrogens is 1. The fraction of sp³-hybridized carbons (Fsp3) is 0.667. The number of carbonyl (C=O) groups excluding carboxylic acids is 2. The minimum Gasteiger partial charge on any atom is -0.373 e. The monoisotopic (exact) mass is 291 g/mol. The second kappa shape index (κ2) is 5.26. The molecule has 1 amide bonds. The topological polar surface area (TPSA) is 75.3 Å². The number of carbonyl (C=O) groups is 2. The predicted molar refractivity (Wildman–Crippen MR) is 76.2 cm³/mol. The number of nitrogens with zero attached hydrogens (tertiary/aromatic N) is 2. The van der Waals surface area contributed by atoms with Gasteiger partial charge in [0.05, 0.1) is 18.8 Å². The molecule has 2 aliphatic heterocycles. The lowest BCUT2D eigenvalue weighted by Gasteiger charge is -2.23. The molecular weight excluding hydrogens is 270 g/mol. The number of aromatic amines is 1. The van der Waals surface area contributed by atoms with Crippen molar-refractivity contribution in [2.45, 2.75) is 38.7 Å². The van der Waals surface area contributed by atoms with Gasteiger partial charge in [-0.05, 0) is 24.8 Å². The van der Waals surface area contributed by atoms with E-state index in [1.165, 1.54) is 13.0 Å². The Balaban J connectivity index is 1.68. The maximum Gasteiger partial charge on any atom is 0.271 e. The van der Waals surface area contributed by atoms with E-state index in [9.17, 15) is 9.59 Å². The molecule has 0 aromatic carbocycles. The van der Waals surface area contributed by atoms with Crippen LogP contribution < -0.4 is 0 Å². The van der Waals surface area contributed by atoms with Crippen LogP contribution in [0.1, 0.15) is 54.1 Å². The Kier molecular flexibility index (Phi) is 3.57. The minimum atomic E-state index is -0.153. The Bertz CT molecular complexity index is 568. The van der Waals surface area contributed by atoms with E-state index in [2.05, 4.69) is 17.1 Å². The van der Waals surface area contributed by atoms with Gasteiger partial charge in [-0.25, -0.2) is 0 Å². The van der Waals surface area contributed by atoms with E-state index in [1.807, 2.05) is 0 Å². The molecule has 0 aliphatic carbocycles. The molecular formula is C15H21N3O3. The highest BCUT2D eigenvalue weighted by Gasteiger charge is 2.46. The van der Waals surface area contributed by atoms with Crippen LogP contribution >= 0.6 is 0 Å². The minimum absolute atomic E-state index is 0.101. The van der Waals surface area contributed by atoms with Gasteiger partial charge >= 0.3 is 0 Å². The van der Waals surface area contributed by atoms with Crippen LogP contribution in [0.15, 0.2) is 6.07 Å². The number of Topliss-reactive ketones (excluding diaryl/α,β-unsaturated/α-hetero) is 1. The lowest BCUT2D eigenvalue weighted by Crippen LogP contribution is -2.36.